The zero-order valence-electron chi connectivity index (χ0n) is 6.64. The average molecular weight is 165 g/mol. The Morgan fingerprint density at radius 2 is 2.00 bits per heavy atom. The highest BCUT2D eigenvalue weighted by Crippen LogP contribution is 2.21. The van der Waals surface area contributed by atoms with Crippen molar-refractivity contribution in [1.29, 1.82) is 0 Å². The van der Waals surface area contributed by atoms with Crippen LogP contribution in [0.5, 0.6) is 0 Å². The Labute approximate surface area is 70.7 Å². The summed E-state index contributed by atoms with van der Waals surface area (Å²) in [6.45, 7) is 0. The number of anilines is 1. The molecule has 0 unspecified atom stereocenters. The van der Waals surface area contributed by atoms with E-state index >= 15 is 0 Å². The summed E-state index contributed by atoms with van der Waals surface area (Å²) in [6, 6.07) is 2.13. The van der Waals surface area contributed by atoms with Gasteiger partial charge in [0.25, 0.3) is 0 Å². The summed E-state index contributed by atoms with van der Waals surface area (Å²) in [5.41, 5.74) is 0. The lowest BCUT2D eigenvalue weighted by Gasteiger charge is -2.31. The van der Waals surface area contributed by atoms with Crippen molar-refractivity contribution < 1.29 is 5.11 Å². The van der Waals surface area contributed by atoms with Crippen LogP contribution < -0.4 is 5.32 Å². The highest BCUT2D eigenvalue weighted by Gasteiger charge is 2.27. The van der Waals surface area contributed by atoms with E-state index in [0.717, 1.165) is 12.8 Å². The van der Waals surface area contributed by atoms with Crippen LogP contribution in [0.2, 0.25) is 0 Å². The van der Waals surface area contributed by atoms with Crippen molar-refractivity contribution in [3.05, 3.63) is 18.5 Å². The molecule has 0 saturated heterocycles. The smallest absolute Gasteiger partial charge is 0.222 e. The first-order valence-electron chi connectivity index (χ1n) is 4.06. The number of nitrogens with zero attached hydrogens (tertiary/aromatic N) is 2. The van der Waals surface area contributed by atoms with Crippen LogP contribution in [0.1, 0.15) is 12.8 Å². The monoisotopic (exact) mass is 165 g/mol. The molecule has 0 radical (unpaired) electrons. The topological polar surface area (TPSA) is 58.0 Å². The maximum atomic E-state index is 9.02. The Balaban J connectivity index is 1.88. The maximum absolute atomic E-state index is 9.02. The van der Waals surface area contributed by atoms with Crippen molar-refractivity contribution in [2.45, 2.75) is 25.0 Å². The van der Waals surface area contributed by atoms with Gasteiger partial charge in [-0.2, -0.15) is 0 Å². The Bertz CT molecular complexity index is 246. The zero-order valence-corrected chi connectivity index (χ0v) is 6.64. The molecule has 4 nitrogen and oxygen atoms in total. The summed E-state index contributed by atoms with van der Waals surface area (Å²) in [6.07, 6.45) is 4.87. The fraction of sp³-hybridized carbons (Fsp3) is 0.500. The second-order valence-electron chi connectivity index (χ2n) is 3.04. The molecule has 4 heteroatoms. The van der Waals surface area contributed by atoms with Crippen LogP contribution in [-0.2, 0) is 0 Å². The van der Waals surface area contributed by atoms with Gasteiger partial charge < -0.3 is 10.4 Å². The van der Waals surface area contributed by atoms with E-state index in [1.165, 1.54) is 0 Å². The first-order valence-corrected chi connectivity index (χ1v) is 4.06. The van der Waals surface area contributed by atoms with E-state index in [4.69, 9.17) is 5.11 Å². The van der Waals surface area contributed by atoms with Crippen molar-refractivity contribution >= 4 is 5.95 Å². The zero-order chi connectivity index (χ0) is 8.39. The van der Waals surface area contributed by atoms with E-state index in [-0.39, 0.29) is 6.10 Å². The third-order valence-electron chi connectivity index (χ3n) is 2.01. The molecule has 0 bridgehead atoms. The van der Waals surface area contributed by atoms with E-state index in [0.29, 0.717) is 12.0 Å². The van der Waals surface area contributed by atoms with Crippen LogP contribution in [-0.4, -0.2) is 27.2 Å². The maximum Gasteiger partial charge on any atom is 0.222 e. The number of nitrogens with one attached hydrogen (secondary N) is 1. The Morgan fingerprint density at radius 3 is 2.58 bits per heavy atom. The van der Waals surface area contributed by atoms with E-state index in [2.05, 4.69) is 15.3 Å². The summed E-state index contributed by atoms with van der Waals surface area (Å²) in [5.74, 6) is 0.648. The Hall–Kier alpha value is -1.16. The molecule has 1 aliphatic rings. The molecule has 0 spiro atoms. The summed E-state index contributed by atoms with van der Waals surface area (Å²) >= 11 is 0. The molecule has 1 aromatic rings. The molecule has 0 amide bonds. The highest BCUT2D eigenvalue weighted by atomic mass is 16.3. The van der Waals surface area contributed by atoms with E-state index < -0.39 is 0 Å². The molecule has 1 saturated carbocycles. The predicted octanol–water partition coefficient (Wildman–Crippen LogP) is 0.412. The number of hydrogen-bond acceptors (Lipinski definition) is 4. The lowest BCUT2D eigenvalue weighted by Crippen LogP contribution is -2.39. The van der Waals surface area contributed by atoms with Gasteiger partial charge >= 0.3 is 0 Å². The number of rotatable bonds is 2. The first kappa shape index (κ1) is 7.49. The minimum Gasteiger partial charge on any atom is -0.393 e. The number of hydrogen-bond donors (Lipinski definition) is 2. The van der Waals surface area contributed by atoms with Crippen molar-refractivity contribution in [1.82, 2.24) is 9.97 Å². The third kappa shape index (κ3) is 1.53. The molecular formula is C8H11N3O. The van der Waals surface area contributed by atoms with Crippen LogP contribution in [0.15, 0.2) is 18.5 Å². The van der Waals surface area contributed by atoms with Crippen LogP contribution in [0.3, 0.4) is 0 Å². The van der Waals surface area contributed by atoms with Gasteiger partial charge in [-0.1, -0.05) is 0 Å². The van der Waals surface area contributed by atoms with Gasteiger partial charge in [-0.15, -0.1) is 0 Å². The summed E-state index contributed by atoms with van der Waals surface area (Å²) in [4.78, 5) is 8.04. The molecule has 12 heavy (non-hydrogen) atoms. The first-order chi connectivity index (χ1) is 5.84. The number of aliphatic hydroxyl groups excluding tert-OH is 1. The average Bonchev–Trinajstić information content (AvgIpc) is 2.04. The lowest BCUT2D eigenvalue weighted by molar-refractivity contribution is 0.0834. The van der Waals surface area contributed by atoms with Crippen molar-refractivity contribution in [3.63, 3.8) is 0 Å². The van der Waals surface area contributed by atoms with Gasteiger partial charge in [0.1, 0.15) is 0 Å². The largest absolute Gasteiger partial charge is 0.393 e. The number of aromatic nitrogens is 2. The molecule has 1 fully saturated rings. The minimum atomic E-state index is -0.133. The van der Waals surface area contributed by atoms with Gasteiger partial charge in [0.05, 0.1) is 6.10 Å². The SMILES string of the molecule is OC1CC(Nc2ncccn2)C1. The molecule has 1 aliphatic carbocycles. The molecule has 0 aliphatic heterocycles. The van der Waals surface area contributed by atoms with Gasteiger partial charge in [-0.25, -0.2) is 9.97 Å². The van der Waals surface area contributed by atoms with Crippen molar-refractivity contribution in [2.75, 3.05) is 5.32 Å². The molecular weight excluding hydrogens is 154 g/mol. The van der Waals surface area contributed by atoms with E-state index in [1.54, 1.807) is 18.5 Å². The summed E-state index contributed by atoms with van der Waals surface area (Å²) < 4.78 is 0. The normalized spacial score (nSPS) is 27.8. The number of aliphatic hydroxyl groups is 1. The fourth-order valence-electron chi connectivity index (χ4n) is 1.26. The van der Waals surface area contributed by atoms with Gasteiger partial charge in [-0.3, -0.25) is 0 Å². The van der Waals surface area contributed by atoms with Gasteiger partial charge in [0, 0.05) is 18.4 Å². The Kier molecular flexibility index (Phi) is 1.91. The van der Waals surface area contributed by atoms with E-state index in [1.807, 2.05) is 0 Å². The van der Waals surface area contributed by atoms with E-state index in [9.17, 15) is 0 Å². The quantitative estimate of drug-likeness (QED) is 0.666. The van der Waals surface area contributed by atoms with Crippen LogP contribution in [0, 0.1) is 0 Å². The summed E-state index contributed by atoms with van der Waals surface area (Å²) in [7, 11) is 0. The molecule has 0 atom stereocenters. The molecule has 1 heterocycles. The fourth-order valence-corrected chi connectivity index (χ4v) is 1.26. The minimum absolute atomic E-state index is 0.133. The van der Waals surface area contributed by atoms with Crippen LogP contribution in [0.25, 0.3) is 0 Å². The van der Waals surface area contributed by atoms with Gasteiger partial charge in [-0.05, 0) is 18.9 Å². The Morgan fingerprint density at radius 1 is 1.33 bits per heavy atom. The second kappa shape index (κ2) is 3.06. The molecule has 2 rings (SSSR count). The molecule has 0 aromatic carbocycles. The van der Waals surface area contributed by atoms with Gasteiger partial charge in [0.15, 0.2) is 0 Å². The molecule has 64 valence electrons. The standard InChI is InChI=1S/C8H11N3O/c12-7-4-6(5-7)11-8-9-2-1-3-10-8/h1-3,6-7,12H,4-5H2,(H,9,10,11). The molecule has 2 N–H and O–H groups in total. The van der Waals surface area contributed by atoms with Crippen LogP contribution in [0.4, 0.5) is 5.95 Å². The third-order valence-corrected chi connectivity index (χ3v) is 2.01. The highest BCUT2D eigenvalue weighted by molar-refractivity contribution is 5.25. The predicted molar refractivity (Wildman–Crippen MR) is 44.7 cm³/mol. The second-order valence-corrected chi connectivity index (χ2v) is 3.04. The van der Waals surface area contributed by atoms with Gasteiger partial charge in [0.2, 0.25) is 5.95 Å². The molecule has 1 aromatic heterocycles. The van der Waals surface area contributed by atoms with Crippen molar-refractivity contribution in [2.24, 2.45) is 0 Å². The summed E-state index contributed by atoms with van der Waals surface area (Å²) in [5, 5.41) is 12.1. The van der Waals surface area contributed by atoms with Crippen molar-refractivity contribution in [3.8, 4) is 0 Å². The lowest BCUT2D eigenvalue weighted by atomic mass is 9.90. The van der Waals surface area contributed by atoms with Crippen LogP contribution >= 0.6 is 0 Å².